The number of amides is 2. The summed E-state index contributed by atoms with van der Waals surface area (Å²) in [4.78, 5) is 25.9. The minimum absolute atomic E-state index is 0.118. The van der Waals surface area contributed by atoms with Crippen LogP contribution in [-0.4, -0.2) is 23.6 Å². The molecule has 0 aliphatic heterocycles. The second-order valence-electron chi connectivity index (χ2n) is 6.29. The van der Waals surface area contributed by atoms with Crippen molar-refractivity contribution in [1.29, 1.82) is 0 Å². The van der Waals surface area contributed by atoms with E-state index in [1.54, 1.807) is 12.1 Å². The molecule has 0 saturated heterocycles. The topological polar surface area (TPSA) is 58.2 Å². The Balaban J connectivity index is 1.60. The Kier molecular flexibility index (Phi) is 6.74. The number of halogens is 1. The summed E-state index contributed by atoms with van der Waals surface area (Å²) in [5.74, 6) is 0.0400. The highest BCUT2D eigenvalue weighted by Crippen LogP contribution is 2.23. The highest BCUT2D eigenvalue weighted by Gasteiger charge is 2.20. The summed E-state index contributed by atoms with van der Waals surface area (Å²) < 4.78 is 0.983. The zero-order chi connectivity index (χ0) is 18.4. The number of thioether (sulfide) groups is 1. The number of carbonyl (C=O) groups excluding carboxylic acids is 2. The van der Waals surface area contributed by atoms with Crippen LogP contribution in [0.4, 0.5) is 5.69 Å². The van der Waals surface area contributed by atoms with Gasteiger partial charge in [-0.25, -0.2) is 0 Å². The Morgan fingerprint density at radius 2 is 1.85 bits per heavy atom. The standard InChI is InChI=1S/C20H21BrN2O2S/c21-14-6-5-9-16(12-14)26-13-19(24)23-18-11-4-3-10-17(18)20(25)22-15-7-1-2-8-15/h3-6,9-12,15H,1-2,7-8,13H2,(H,22,25)(H,23,24). The molecule has 0 aromatic heterocycles. The summed E-state index contributed by atoms with van der Waals surface area (Å²) in [6.45, 7) is 0. The molecule has 2 aromatic carbocycles. The molecule has 0 unspecified atom stereocenters. The normalized spacial score (nSPS) is 14.2. The Labute approximate surface area is 166 Å². The van der Waals surface area contributed by atoms with Gasteiger partial charge in [0.1, 0.15) is 0 Å². The third-order valence-corrected chi connectivity index (χ3v) is 5.79. The van der Waals surface area contributed by atoms with Gasteiger partial charge >= 0.3 is 0 Å². The third kappa shape index (κ3) is 5.35. The number of anilines is 1. The molecule has 0 bridgehead atoms. The molecule has 1 aliphatic rings. The Morgan fingerprint density at radius 1 is 1.08 bits per heavy atom. The van der Waals surface area contributed by atoms with Gasteiger partial charge in [-0.2, -0.15) is 0 Å². The van der Waals surface area contributed by atoms with Crippen LogP contribution in [0.5, 0.6) is 0 Å². The van der Waals surface area contributed by atoms with Gasteiger partial charge in [0.05, 0.1) is 17.0 Å². The van der Waals surface area contributed by atoms with Crippen LogP contribution in [0.25, 0.3) is 0 Å². The van der Waals surface area contributed by atoms with Gasteiger partial charge < -0.3 is 10.6 Å². The largest absolute Gasteiger partial charge is 0.349 e. The summed E-state index contributed by atoms with van der Waals surface area (Å²) in [6.07, 6.45) is 4.39. The fourth-order valence-electron chi connectivity index (χ4n) is 3.02. The van der Waals surface area contributed by atoms with Crippen molar-refractivity contribution in [3.63, 3.8) is 0 Å². The van der Waals surface area contributed by atoms with E-state index in [1.165, 1.54) is 11.8 Å². The summed E-state index contributed by atoms with van der Waals surface area (Å²) in [5.41, 5.74) is 1.07. The first-order valence-electron chi connectivity index (χ1n) is 8.70. The second-order valence-corrected chi connectivity index (χ2v) is 8.26. The SMILES string of the molecule is O=C(CSc1cccc(Br)c1)Nc1ccccc1C(=O)NC1CCCC1. The highest BCUT2D eigenvalue weighted by molar-refractivity contribution is 9.10. The van der Waals surface area contributed by atoms with Gasteiger partial charge in [0.25, 0.3) is 5.91 Å². The van der Waals surface area contributed by atoms with E-state index in [0.717, 1.165) is 35.1 Å². The van der Waals surface area contributed by atoms with Gasteiger partial charge in [-0.15, -0.1) is 11.8 Å². The van der Waals surface area contributed by atoms with Crippen LogP contribution in [0.1, 0.15) is 36.0 Å². The highest BCUT2D eigenvalue weighted by atomic mass is 79.9. The average Bonchev–Trinajstić information content (AvgIpc) is 3.13. The van der Waals surface area contributed by atoms with Gasteiger partial charge in [-0.05, 0) is 43.2 Å². The maximum absolute atomic E-state index is 12.5. The number of hydrogen-bond acceptors (Lipinski definition) is 3. The van der Waals surface area contributed by atoms with Crippen LogP contribution in [-0.2, 0) is 4.79 Å². The van der Waals surface area contributed by atoms with Gasteiger partial charge in [0.15, 0.2) is 0 Å². The van der Waals surface area contributed by atoms with Crippen molar-refractivity contribution in [2.45, 2.75) is 36.6 Å². The van der Waals surface area contributed by atoms with Crippen molar-refractivity contribution in [3.05, 3.63) is 58.6 Å². The predicted molar refractivity (Wildman–Crippen MR) is 110 cm³/mol. The first-order valence-corrected chi connectivity index (χ1v) is 10.5. The molecule has 0 atom stereocenters. The van der Waals surface area contributed by atoms with E-state index in [1.807, 2.05) is 36.4 Å². The van der Waals surface area contributed by atoms with Gasteiger partial charge in [-0.3, -0.25) is 9.59 Å². The lowest BCUT2D eigenvalue weighted by molar-refractivity contribution is -0.113. The van der Waals surface area contributed by atoms with Crippen molar-refractivity contribution in [2.75, 3.05) is 11.1 Å². The summed E-state index contributed by atoms with van der Waals surface area (Å²) >= 11 is 4.89. The number of carbonyl (C=O) groups is 2. The summed E-state index contributed by atoms with van der Waals surface area (Å²) in [6, 6.07) is 15.2. The molecule has 2 amide bonds. The lowest BCUT2D eigenvalue weighted by Gasteiger charge is -2.15. The van der Waals surface area contributed by atoms with E-state index in [0.29, 0.717) is 11.3 Å². The molecule has 1 saturated carbocycles. The van der Waals surface area contributed by atoms with E-state index < -0.39 is 0 Å². The summed E-state index contributed by atoms with van der Waals surface area (Å²) in [7, 11) is 0. The van der Waals surface area contributed by atoms with Crippen molar-refractivity contribution < 1.29 is 9.59 Å². The maximum Gasteiger partial charge on any atom is 0.253 e. The molecule has 4 nitrogen and oxygen atoms in total. The van der Waals surface area contributed by atoms with Crippen LogP contribution >= 0.6 is 27.7 Å². The molecular formula is C20H21BrN2O2S. The van der Waals surface area contributed by atoms with Gasteiger partial charge in [-0.1, -0.05) is 47.0 Å². The molecule has 1 aliphatic carbocycles. The number of rotatable bonds is 6. The predicted octanol–water partition coefficient (Wildman–Crippen LogP) is 4.85. The fourth-order valence-corrected chi connectivity index (χ4v) is 4.32. The molecule has 2 aromatic rings. The molecule has 0 heterocycles. The summed E-state index contributed by atoms with van der Waals surface area (Å²) in [5, 5.41) is 5.94. The molecule has 2 N–H and O–H groups in total. The van der Waals surface area contributed by atoms with Crippen LogP contribution in [0.15, 0.2) is 57.9 Å². The Bertz CT molecular complexity index is 791. The van der Waals surface area contributed by atoms with E-state index in [-0.39, 0.29) is 23.6 Å². The number of hydrogen-bond donors (Lipinski definition) is 2. The first-order chi connectivity index (χ1) is 12.6. The molecule has 26 heavy (non-hydrogen) atoms. The van der Waals surface area contributed by atoms with Crippen LogP contribution < -0.4 is 10.6 Å². The quantitative estimate of drug-likeness (QED) is 0.641. The van der Waals surface area contributed by atoms with E-state index in [9.17, 15) is 9.59 Å². The van der Waals surface area contributed by atoms with Crippen LogP contribution in [0.3, 0.4) is 0 Å². The smallest absolute Gasteiger partial charge is 0.253 e. The lowest BCUT2D eigenvalue weighted by atomic mass is 10.1. The number of para-hydroxylation sites is 1. The van der Waals surface area contributed by atoms with E-state index >= 15 is 0 Å². The molecular weight excluding hydrogens is 412 g/mol. The minimum atomic E-state index is -0.129. The lowest BCUT2D eigenvalue weighted by Crippen LogP contribution is -2.33. The van der Waals surface area contributed by atoms with Crippen molar-refractivity contribution in [1.82, 2.24) is 5.32 Å². The Hall–Kier alpha value is -1.79. The van der Waals surface area contributed by atoms with Gasteiger partial charge in [0, 0.05) is 15.4 Å². The monoisotopic (exact) mass is 432 g/mol. The fraction of sp³-hybridized carbons (Fsp3) is 0.300. The first kappa shape index (κ1) is 19.0. The molecule has 3 rings (SSSR count). The van der Waals surface area contributed by atoms with E-state index in [4.69, 9.17) is 0 Å². The van der Waals surface area contributed by atoms with Crippen LogP contribution in [0.2, 0.25) is 0 Å². The number of nitrogens with one attached hydrogen (secondary N) is 2. The molecule has 6 heteroatoms. The van der Waals surface area contributed by atoms with Gasteiger partial charge in [0.2, 0.25) is 5.91 Å². The van der Waals surface area contributed by atoms with Crippen molar-refractivity contribution >= 4 is 45.2 Å². The maximum atomic E-state index is 12.5. The third-order valence-electron chi connectivity index (χ3n) is 4.30. The minimum Gasteiger partial charge on any atom is -0.349 e. The molecule has 136 valence electrons. The van der Waals surface area contributed by atoms with Crippen LogP contribution in [0, 0.1) is 0 Å². The van der Waals surface area contributed by atoms with E-state index in [2.05, 4.69) is 26.6 Å². The molecule has 1 fully saturated rings. The second kappa shape index (κ2) is 9.24. The number of benzene rings is 2. The van der Waals surface area contributed by atoms with Crippen molar-refractivity contribution in [3.8, 4) is 0 Å². The molecule has 0 radical (unpaired) electrons. The zero-order valence-electron chi connectivity index (χ0n) is 14.3. The van der Waals surface area contributed by atoms with Crippen molar-refractivity contribution in [2.24, 2.45) is 0 Å². The average molecular weight is 433 g/mol. The molecule has 0 spiro atoms. The zero-order valence-corrected chi connectivity index (χ0v) is 16.7. The Morgan fingerprint density at radius 3 is 2.62 bits per heavy atom.